The number of rotatable bonds is 7. The van der Waals surface area contributed by atoms with Crippen molar-refractivity contribution < 1.29 is 14.3 Å². The van der Waals surface area contributed by atoms with Crippen molar-refractivity contribution in [2.45, 2.75) is 52.3 Å². The van der Waals surface area contributed by atoms with Gasteiger partial charge in [0.05, 0.1) is 13.2 Å². The normalized spacial score (nSPS) is 13.9. The van der Waals surface area contributed by atoms with E-state index in [2.05, 4.69) is 12.2 Å². The summed E-state index contributed by atoms with van der Waals surface area (Å²) in [6.45, 7) is 8.07. The van der Waals surface area contributed by atoms with Crippen LogP contribution in [-0.2, 0) is 9.53 Å². The Hall–Kier alpha value is -1.55. The van der Waals surface area contributed by atoms with Crippen molar-refractivity contribution in [3.05, 3.63) is 29.8 Å². The largest absolute Gasteiger partial charge is 0.491 e. The van der Waals surface area contributed by atoms with E-state index in [4.69, 9.17) is 9.47 Å². The number of nitrogens with one attached hydrogen (secondary N) is 1. The van der Waals surface area contributed by atoms with Crippen LogP contribution in [0.2, 0.25) is 0 Å². The molecule has 0 radical (unpaired) electrons. The summed E-state index contributed by atoms with van der Waals surface area (Å²) in [4.78, 5) is 12.0. The molecule has 4 heteroatoms. The Morgan fingerprint density at radius 1 is 1.30 bits per heavy atom. The second-order valence-corrected chi connectivity index (χ2v) is 5.17. The quantitative estimate of drug-likeness (QED) is 0.779. The van der Waals surface area contributed by atoms with Gasteiger partial charge in [0.25, 0.3) is 0 Å². The molecule has 0 heterocycles. The van der Waals surface area contributed by atoms with Gasteiger partial charge in [-0.3, -0.25) is 5.32 Å². The zero-order valence-corrected chi connectivity index (χ0v) is 13.0. The number of hydrogen-bond acceptors (Lipinski definition) is 4. The van der Waals surface area contributed by atoms with Gasteiger partial charge in [-0.15, -0.1) is 0 Å². The third-order valence-corrected chi connectivity index (χ3v) is 3.06. The van der Waals surface area contributed by atoms with Gasteiger partial charge >= 0.3 is 5.97 Å². The predicted octanol–water partition coefficient (Wildman–Crippen LogP) is 3.08. The maximum Gasteiger partial charge on any atom is 0.327 e. The fraction of sp³-hybridized carbons (Fsp3) is 0.562. The summed E-state index contributed by atoms with van der Waals surface area (Å²) in [6.07, 6.45) is 1.04. The van der Waals surface area contributed by atoms with Crippen molar-refractivity contribution in [3.63, 3.8) is 0 Å². The van der Waals surface area contributed by atoms with Gasteiger partial charge in [0.15, 0.2) is 0 Å². The van der Waals surface area contributed by atoms with E-state index in [1.807, 2.05) is 45.0 Å². The van der Waals surface area contributed by atoms with E-state index >= 15 is 0 Å². The average molecular weight is 279 g/mol. The molecule has 0 fully saturated rings. The average Bonchev–Trinajstić information content (AvgIpc) is 2.43. The van der Waals surface area contributed by atoms with Gasteiger partial charge in [-0.25, -0.2) is 4.79 Å². The van der Waals surface area contributed by atoms with E-state index in [0.717, 1.165) is 17.7 Å². The molecule has 0 aromatic heterocycles. The fourth-order valence-corrected chi connectivity index (χ4v) is 1.86. The van der Waals surface area contributed by atoms with Crippen molar-refractivity contribution in [2.75, 3.05) is 7.11 Å². The Morgan fingerprint density at radius 2 is 2.00 bits per heavy atom. The highest BCUT2D eigenvalue weighted by molar-refractivity contribution is 5.77. The van der Waals surface area contributed by atoms with Crippen molar-refractivity contribution in [1.29, 1.82) is 0 Å². The molecule has 0 aliphatic rings. The smallest absolute Gasteiger partial charge is 0.327 e. The number of methoxy groups -OCH3 is 1. The Bertz CT molecular complexity index is 431. The van der Waals surface area contributed by atoms with Gasteiger partial charge in [-0.1, -0.05) is 19.1 Å². The van der Waals surface area contributed by atoms with Crippen LogP contribution in [0.3, 0.4) is 0 Å². The molecule has 0 bridgehead atoms. The van der Waals surface area contributed by atoms with Gasteiger partial charge in [0.2, 0.25) is 0 Å². The lowest BCUT2D eigenvalue weighted by Crippen LogP contribution is -2.35. The molecule has 0 spiro atoms. The maximum absolute atomic E-state index is 12.0. The van der Waals surface area contributed by atoms with Crippen molar-refractivity contribution in [2.24, 2.45) is 0 Å². The predicted molar refractivity (Wildman–Crippen MR) is 79.9 cm³/mol. The summed E-state index contributed by atoms with van der Waals surface area (Å²) in [5.41, 5.74) is 0.857. The third-order valence-electron chi connectivity index (χ3n) is 3.06. The highest BCUT2D eigenvalue weighted by atomic mass is 16.5. The van der Waals surface area contributed by atoms with Gasteiger partial charge in [-0.05, 0) is 44.9 Å². The number of carbonyl (C=O) groups is 1. The molecule has 2 atom stereocenters. The summed E-state index contributed by atoms with van der Waals surface area (Å²) < 4.78 is 10.6. The summed E-state index contributed by atoms with van der Waals surface area (Å²) in [7, 11) is 1.40. The van der Waals surface area contributed by atoms with Gasteiger partial charge < -0.3 is 9.47 Å². The van der Waals surface area contributed by atoms with Crippen molar-refractivity contribution in [3.8, 4) is 5.75 Å². The summed E-state index contributed by atoms with van der Waals surface area (Å²) in [5.74, 6) is 0.476. The van der Waals surface area contributed by atoms with Crippen LogP contribution in [0, 0.1) is 0 Å². The van der Waals surface area contributed by atoms with E-state index in [1.54, 1.807) is 0 Å². The molecule has 1 rings (SSSR count). The summed E-state index contributed by atoms with van der Waals surface area (Å²) >= 11 is 0. The van der Waals surface area contributed by atoms with Crippen LogP contribution in [0.1, 0.15) is 45.7 Å². The zero-order chi connectivity index (χ0) is 15.1. The van der Waals surface area contributed by atoms with Crippen molar-refractivity contribution in [1.82, 2.24) is 5.32 Å². The van der Waals surface area contributed by atoms with Crippen LogP contribution in [0.25, 0.3) is 0 Å². The summed E-state index contributed by atoms with van der Waals surface area (Å²) in [6, 6.07) is 7.34. The van der Waals surface area contributed by atoms with Gasteiger partial charge in [0, 0.05) is 6.04 Å². The number of ether oxygens (including phenoxy) is 2. The second kappa shape index (κ2) is 7.90. The van der Waals surface area contributed by atoms with E-state index in [-0.39, 0.29) is 18.1 Å². The van der Waals surface area contributed by atoms with Crippen LogP contribution in [0.5, 0.6) is 5.75 Å². The molecular formula is C16H25NO3. The molecule has 2 unspecified atom stereocenters. The highest BCUT2D eigenvalue weighted by Gasteiger charge is 2.23. The van der Waals surface area contributed by atoms with E-state index in [1.165, 1.54) is 7.11 Å². The molecule has 1 N–H and O–H groups in total. The first kappa shape index (κ1) is 16.5. The molecule has 0 saturated carbocycles. The Kier molecular flexibility index (Phi) is 6.52. The van der Waals surface area contributed by atoms with Crippen LogP contribution in [0.4, 0.5) is 0 Å². The lowest BCUT2D eigenvalue weighted by atomic mass is 10.1. The van der Waals surface area contributed by atoms with Gasteiger partial charge in [-0.2, -0.15) is 0 Å². The van der Waals surface area contributed by atoms with Crippen LogP contribution < -0.4 is 10.1 Å². The summed E-state index contributed by atoms with van der Waals surface area (Å²) in [5, 5.41) is 3.28. The van der Waals surface area contributed by atoms with E-state index in [9.17, 15) is 4.79 Å². The molecule has 4 nitrogen and oxygen atoms in total. The molecule has 1 aromatic carbocycles. The molecule has 1 aromatic rings. The number of hydrogen-bond donors (Lipinski definition) is 1. The van der Waals surface area contributed by atoms with E-state index in [0.29, 0.717) is 0 Å². The van der Waals surface area contributed by atoms with Crippen LogP contribution in [-0.4, -0.2) is 25.2 Å². The minimum atomic E-state index is -0.467. The first-order valence-corrected chi connectivity index (χ1v) is 7.08. The SMILES string of the molecule is CCC(C)NC(C(=O)OC)c1cccc(OC(C)C)c1. The molecule has 20 heavy (non-hydrogen) atoms. The molecule has 112 valence electrons. The maximum atomic E-state index is 12.0. The Balaban J connectivity index is 2.97. The molecule has 0 aliphatic carbocycles. The molecule has 0 aliphatic heterocycles. The molecular weight excluding hydrogens is 254 g/mol. The standard InChI is InChI=1S/C16H25NO3/c1-6-12(4)17-15(16(18)19-5)13-8-7-9-14(10-13)20-11(2)3/h7-12,15,17H,6H2,1-5H3. The second-order valence-electron chi connectivity index (χ2n) is 5.17. The number of esters is 1. The molecule has 0 saturated heterocycles. The lowest BCUT2D eigenvalue weighted by Gasteiger charge is -2.21. The third kappa shape index (κ3) is 4.85. The van der Waals surface area contributed by atoms with Gasteiger partial charge in [0.1, 0.15) is 11.8 Å². The minimum Gasteiger partial charge on any atom is -0.491 e. The molecule has 0 amide bonds. The van der Waals surface area contributed by atoms with E-state index < -0.39 is 6.04 Å². The van der Waals surface area contributed by atoms with Crippen LogP contribution in [0.15, 0.2) is 24.3 Å². The topological polar surface area (TPSA) is 47.6 Å². The van der Waals surface area contributed by atoms with Crippen molar-refractivity contribution >= 4 is 5.97 Å². The first-order valence-electron chi connectivity index (χ1n) is 7.08. The number of carbonyl (C=O) groups excluding carboxylic acids is 1. The fourth-order valence-electron chi connectivity index (χ4n) is 1.86. The monoisotopic (exact) mass is 279 g/mol. The van der Waals surface area contributed by atoms with Crippen LogP contribution >= 0.6 is 0 Å². The first-order chi connectivity index (χ1) is 9.47. The lowest BCUT2D eigenvalue weighted by molar-refractivity contribution is -0.143. The Morgan fingerprint density at radius 3 is 2.55 bits per heavy atom. The highest BCUT2D eigenvalue weighted by Crippen LogP contribution is 2.22. The Labute approximate surface area is 121 Å². The number of benzene rings is 1. The minimum absolute atomic E-state index is 0.101. The zero-order valence-electron chi connectivity index (χ0n) is 13.0.